The summed E-state index contributed by atoms with van der Waals surface area (Å²) in [5, 5.41) is 10.3. The number of amides is 2. The van der Waals surface area contributed by atoms with Gasteiger partial charge in [-0.25, -0.2) is 0 Å². The third-order valence-electron chi connectivity index (χ3n) is 4.32. The first-order chi connectivity index (χ1) is 12.8. The van der Waals surface area contributed by atoms with Gasteiger partial charge in [0.1, 0.15) is 6.61 Å². The highest BCUT2D eigenvalue weighted by Gasteiger charge is 2.40. The SMILES string of the molecule is CN(C)Cc1cc(NC(=O)[C@@H]2OCC(=O)N(C)[C@@H]2c2ccc(Cl)cc2)n[nH]1. The van der Waals surface area contributed by atoms with Crippen LogP contribution in [0.2, 0.25) is 5.02 Å². The summed E-state index contributed by atoms with van der Waals surface area (Å²) < 4.78 is 5.58. The van der Waals surface area contributed by atoms with Crippen molar-refractivity contribution in [3.8, 4) is 0 Å². The zero-order chi connectivity index (χ0) is 19.6. The smallest absolute Gasteiger partial charge is 0.257 e. The van der Waals surface area contributed by atoms with Gasteiger partial charge in [-0.2, -0.15) is 5.10 Å². The van der Waals surface area contributed by atoms with Gasteiger partial charge in [-0.15, -0.1) is 0 Å². The Morgan fingerprint density at radius 3 is 2.78 bits per heavy atom. The molecule has 8 nitrogen and oxygen atoms in total. The standard InChI is InChI=1S/C18H22ClN5O3/c1-23(2)9-13-8-14(22-21-13)20-18(26)17-16(24(3)15(25)10-27-17)11-4-6-12(19)7-5-11/h4-8,16-17H,9-10H2,1-3H3,(H2,20,21,22,26)/t16-,17-/m1/s1. The molecule has 1 aromatic carbocycles. The molecule has 1 aromatic heterocycles. The molecule has 0 radical (unpaired) electrons. The van der Waals surface area contributed by atoms with Crippen molar-refractivity contribution in [3.05, 3.63) is 46.6 Å². The van der Waals surface area contributed by atoms with Crippen LogP contribution >= 0.6 is 11.6 Å². The predicted molar refractivity (Wildman–Crippen MR) is 101 cm³/mol. The van der Waals surface area contributed by atoms with Gasteiger partial charge in [-0.05, 0) is 31.8 Å². The highest BCUT2D eigenvalue weighted by Crippen LogP contribution is 2.30. The summed E-state index contributed by atoms with van der Waals surface area (Å²) in [4.78, 5) is 28.4. The van der Waals surface area contributed by atoms with E-state index in [-0.39, 0.29) is 18.4 Å². The van der Waals surface area contributed by atoms with Crippen LogP contribution in [0.25, 0.3) is 0 Å². The summed E-state index contributed by atoms with van der Waals surface area (Å²) in [6, 6.07) is 8.24. The lowest BCUT2D eigenvalue weighted by Crippen LogP contribution is -2.51. The highest BCUT2D eigenvalue weighted by molar-refractivity contribution is 6.30. The molecule has 2 heterocycles. The van der Waals surface area contributed by atoms with E-state index in [1.165, 1.54) is 4.90 Å². The van der Waals surface area contributed by atoms with Gasteiger partial charge in [0, 0.05) is 24.7 Å². The minimum Gasteiger partial charge on any atom is -0.356 e. The first-order valence-electron chi connectivity index (χ1n) is 8.48. The molecule has 2 N–H and O–H groups in total. The average molecular weight is 392 g/mol. The van der Waals surface area contributed by atoms with E-state index in [1.54, 1.807) is 37.4 Å². The van der Waals surface area contributed by atoms with E-state index in [2.05, 4.69) is 15.5 Å². The zero-order valence-corrected chi connectivity index (χ0v) is 16.2. The van der Waals surface area contributed by atoms with Crippen molar-refractivity contribution < 1.29 is 14.3 Å². The lowest BCUT2D eigenvalue weighted by atomic mass is 9.97. The summed E-state index contributed by atoms with van der Waals surface area (Å²) in [5.41, 5.74) is 1.65. The van der Waals surface area contributed by atoms with Crippen molar-refractivity contribution in [1.82, 2.24) is 20.0 Å². The first-order valence-corrected chi connectivity index (χ1v) is 8.85. The van der Waals surface area contributed by atoms with Crippen molar-refractivity contribution >= 4 is 29.2 Å². The van der Waals surface area contributed by atoms with Crippen LogP contribution in [0, 0.1) is 0 Å². The zero-order valence-electron chi connectivity index (χ0n) is 15.4. The molecule has 2 amide bonds. The van der Waals surface area contributed by atoms with Crippen LogP contribution in [0.3, 0.4) is 0 Å². The molecule has 0 aliphatic carbocycles. The second kappa shape index (κ2) is 8.08. The van der Waals surface area contributed by atoms with Gasteiger partial charge in [0.2, 0.25) is 5.91 Å². The number of nitrogens with zero attached hydrogens (tertiary/aromatic N) is 3. The van der Waals surface area contributed by atoms with Crippen molar-refractivity contribution in [2.45, 2.75) is 18.7 Å². The Bertz CT molecular complexity index is 821. The largest absolute Gasteiger partial charge is 0.356 e. The average Bonchev–Trinajstić information content (AvgIpc) is 3.04. The molecule has 1 fully saturated rings. The summed E-state index contributed by atoms with van der Waals surface area (Å²) in [6.45, 7) is 0.526. The molecule has 0 unspecified atom stereocenters. The minimum atomic E-state index is -0.858. The molecule has 1 aliphatic heterocycles. The van der Waals surface area contributed by atoms with Crippen molar-refractivity contribution in [2.24, 2.45) is 0 Å². The van der Waals surface area contributed by atoms with Gasteiger partial charge in [0.15, 0.2) is 11.9 Å². The van der Waals surface area contributed by atoms with E-state index >= 15 is 0 Å². The van der Waals surface area contributed by atoms with Crippen LogP contribution in [0.1, 0.15) is 17.3 Å². The molecule has 27 heavy (non-hydrogen) atoms. The number of rotatable bonds is 5. The number of morpholine rings is 1. The minimum absolute atomic E-state index is 0.148. The number of hydrogen-bond donors (Lipinski definition) is 2. The van der Waals surface area contributed by atoms with Crippen LogP contribution in [0.15, 0.2) is 30.3 Å². The Morgan fingerprint density at radius 2 is 2.11 bits per heavy atom. The Kier molecular flexibility index (Phi) is 5.79. The van der Waals surface area contributed by atoms with Crippen LogP contribution in [0.5, 0.6) is 0 Å². The third kappa shape index (κ3) is 4.47. The number of halogens is 1. The molecule has 2 atom stereocenters. The fraction of sp³-hybridized carbons (Fsp3) is 0.389. The molecule has 3 rings (SSSR count). The number of likely N-dealkylation sites (N-methyl/N-ethyl adjacent to an activating group) is 1. The second-order valence-corrected chi connectivity index (χ2v) is 7.17. The third-order valence-corrected chi connectivity index (χ3v) is 4.57. The number of H-pyrrole nitrogens is 1. The van der Waals surface area contributed by atoms with E-state index in [1.807, 2.05) is 19.0 Å². The molecule has 9 heteroatoms. The van der Waals surface area contributed by atoms with Crippen LogP contribution in [-0.2, 0) is 20.9 Å². The summed E-state index contributed by atoms with van der Waals surface area (Å²) >= 11 is 5.95. The van der Waals surface area contributed by atoms with Crippen molar-refractivity contribution in [1.29, 1.82) is 0 Å². The van der Waals surface area contributed by atoms with Crippen LogP contribution in [0.4, 0.5) is 5.82 Å². The first kappa shape index (κ1) is 19.3. The van der Waals surface area contributed by atoms with E-state index in [0.29, 0.717) is 17.4 Å². The number of carbonyl (C=O) groups is 2. The maximum atomic E-state index is 12.8. The van der Waals surface area contributed by atoms with E-state index < -0.39 is 12.1 Å². The number of anilines is 1. The molecule has 1 aliphatic rings. The lowest BCUT2D eigenvalue weighted by molar-refractivity contribution is -0.160. The van der Waals surface area contributed by atoms with Gasteiger partial charge in [-0.1, -0.05) is 23.7 Å². The molecule has 0 saturated carbocycles. The Morgan fingerprint density at radius 1 is 1.41 bits per heavy atom. The Labute approximate surface area is 162 Å². The fourth-order valence-corrected chi connectivity index (χ4v) is 3.16. The lowest BCUT2D eigenvalue weighted by Gasteiger charge is -2.38. The molecule has 144 valence electrons. The number of aromatic amines is 1. The number of hydrogen-bond acceptors (Lipinski definition) is 5. The molecule has 1 saturated heterocycles. The van der Waals surface area contributed by atoms with Crippen LogP contribution in [-0.4, -0.2) is 65.7 Å². The summed E-state index contributed by atoms with van der Waals surface area (Å²) in [7, 11) is 5.55. The predicted octanol–water partition coefficient (Wildman–Crippen LogP) is 1.66. The van der Waals surface area contributed by atoms with Crippen molar-refractivity contribution in [2.75, 3.05) is 33.1 Å². The number of aromatic nitrogens is 2. The van der Waals surface area contributed by atoms with Gasteiger partial charge >= 0.3 is 0 Å². The van der Waals surface area contributed by atoms with Gasteiger partial charge in [-0.3, -0.25) is 14.7 Å². The molecule has 0 bridgehead atoms. The molecule has 0 spiro atoms. The van der Waals surface area contributed by atoms with E-state index in [0.717, 1.165) is 11.3 Å². The summed E-state index contributed by atoms with van der Waals surface area (Å²) in [5.74, 6) is -0.140. The number of benzene rings is 1. The quantitative estimate of drug-likeness (QED) is 0.809. The maximum absolute atomic E-state index is 12.8. The number of carbonyl (C=O) groups excluding carboxylic acids is 2. The van der Waals surface area contributed by atoms with E-state index in [9.17, 15) is 9.59 Å². The fourth-order valence-electron chi connectivity index (χ4n) is 3.03. The Hall–Kier alpha value is -2.42. The van der Waals surface area contributed by atoms with Gasteiger partial charge < -0.3 is 19.9 Å². The van der Waals surface area contributed by atoms with Gasteiger partial charge in [0.25, 0.3) is 5.91 Å². The normalized spacial score (nSPS) is 20.2. The van der Waals surface area contributed by atoms with Gasteiger partial charge in [0.05, 0.1) is 11.7 Å². The molecular formula is C18H22ClN5O3. The Balaban J connectivity index is 1.79. The highest BCUT2D eigenvalue weighted by atomic mass is 35.5. The van der Waals surface area contributed by atoms with Crippen molar-refractivity contribution in [3.63, 3.8) is 0 Å². The summed E-state index contributed by atoms with van der Waals surface area (Å²) in [6.07, 6.45) is -0.858. The monoisotopic (exact) mass is 391 g/mol. The topological polar surface area (TPSA) is 90.6 Å². The second-order valence-electron chi connectivity index (χ2n) is 6.74. The maximum Gasteiger partial charge on any atom is 0.257 e. The molecular weight excluding hydrogens is 370 g/mol. The number of ether oxygens (including phenoxy) is 1. The van der Waals surface area contributed by atoms with E-state index in [4.69, 9.17) is 16.3 Å². The molecule has 2 aromatic rings. The van der Waals surface area contributed by atoms with Crippen LogP contribution < -0.4 is 5.32 Å². The number of nitrogens with one attached hydrogen (secondary N) is 2.